The van der Waals surface area contributed by atoms with Gasteiger partial charge in [0.2, 0.25) is 5.91 Å². The Morgan fingerprint density at radius 3 is 2.70 bits per heavy atom. The predicted molar refractivity (Wildman–Crippen MR) is 127 cm³/mol. The van der Waals surface area contributed by atoms with Crippen LogP contribution in [0.2, 0.25) is 5.02 Å². The van der Waals surface area contributed by atoms with Crippen LogP contribution in [0.15, 0.2) is 47.1 Å². The van der Waals surface area contributed by atoms with Gasteiger partial charge >= 0.3 is 0 Å². The topological polar surface area (TPSA) is 85.4 Å². The van der Waals surface area contributed by atoms with Crippen molar-refractivity contribution in [2.75, 3.05) is 42.9 Å². The van der Waals surface area contributed by atoms with Crippen molar-refractivity contribution in [1.82, 2.24) is 9.88 Å². The normalized spacial score (nSPS) is 15.8. The monoisotopic (exact) mass is 461 g/mol. The van der Waals surface area contributed by atoms with Crippen molar-refractivity contribution < 1.29 is 9.21 Å². The van der Waals surface area contributed by atoms with Gasteiger partial charge in [0.15, 0.2) is 5.76 Å². The molecule has 0 saturated carbocycles. The summed E-state index contributed by atoms with van der Waals surface area (Å²) in [5, 5.41) is 13.4. The minimum atomic E-state index is -0.0702. The van der Waals surface area contributed by atoms with Crippen molar-refractivity contribution in [1.29, 1.82) is 5.26 Å². The number of nitriles is 1. The van der Waals surface area contributed by atoms with Crippen molar-refractivity contribution in [3.8, 4) is 17.5 Å². The summed E-state index contributed by atoms with van der Waals surface area (Å²) in [5.41, 5.74) is 4.48. The van der Waals surface area contributed by atoms with E-state index in [0.29, 0.717) is 49.0 Å². The Morgan fingerprint density at radius 2 is 1.97 bits per heavy atom. The number of anilines is 2. The van der Waals surface area contributed by atoms with E-state index in [1.165, 1.54) is 0 Å². The molecule has 1 fully saturated rings. The third-order valence-corrected chi connectivity index (χ3v) is 6.50. The molecule has 2 aromatic heterocycles. The standard InChI is InChI=1S/C25H24ClN5O2/c26-17-4-1-5-18(14-17)28-23(32)16-30-9-11-31(12-10-30)25-21(15-27)19-6-2-7-20(19)24(29-25)22-8-3-13-33-22/h1,3-5,8,13-14H,2,6-7,9-12,16H2,(H,28,32). The zero-order chi connectivity index (χ0) is 22.8. The molecular weight excluding hydrogens is 438 g/mol. The summed E-state index contributed by atoms with van der Waals surface area (Å²) in [5.74, 6) is 1.40. The Kier molecular flexibility index (Phi) is 6.03. The van der Waals surface area contributed by atoms with Crippen LogP contribution >= 0.6 is 11.6 Å². The van der Waals surface area contributed by atoms with Gasteiger partial charge in [0.25, 0.3) is 0 Å². The molecule has 0 atom stereocenters. The number of nitrogens with one attached hydrogen (secondary N) is 1. The Labute approximate surface area is 197 Å². The predicted octanol–water partition coefficient (Wildman–Crippen LogP) is 4.12. The number of halogens is 1. The maximum atomic E-state index is 12.5. The average molecular weight is 462 g/mol. The van der Waals surface area contributed by atoms with Crippen LogP contribution in [-0.4, -0.2) is 48.5 Å². The van der Waals surface area contributed by atoms with E-state index in [0.717, 1.165) is 47.7 Å². The number of fused-ring (bicyclic) bond motifs is 1. The molecule has 1 aliphatic carbocycles. The van der Waals surface area contributed by atoms with Gasteiger partial charge in [-0.2, -0.15) is 5.26 Å². The molecule has 0 bridgehead atoms. The number of nitrogens with zero attached hydrogens (tertiary/aromatic N) is 4. The maximum Gasteiger partial charge on any atom is 0.238 e. The lowest BCUT2D eigenvalue weighted by molar-refractivity contribution is -0.117. The fourth-order valence-electron chi connectivity index (χ4n) is 4.70. The molecule has 1 aliphatic heterocycles. The van der Waals surface area contributed by atoms with E-state index in [4.69, 9.17) is 21.0 Å². The fourth-order valence-corrected chi connectivity index (χ4v) is 4.89. The maximum absolute atomic E-state index is 12.5. The van der Waals surface area contributed by atoms with Crippen LogP contribution in [-0.2, 0) is 17.6 Å². The lowest BCUT2D eigenvalue weighted by Crippen LogP contribution is -2.49. The highest BCUT2D eigenvalue weighted by molar-refractivity contribution is 6.30. The second-order valence-corrected chi connectivity index (χ2v) is 8.82. The summed E-state index contributed by atoms with van der Waals surface area (Å²) in [6, 6.07) is 13.3. The first-order valence-corrected chi connectivity index (χ1v) is 11.5. The zero-order valence-electron chi connectivity index (χ0n) is 18.2. The molecular formula is C25H24ClN5O2. The minimum Gasteiger partial charge on any atom is -0.463 e. The number of amides is 1. The molecule has 1 N–H and O–H groups in total. The molecule has 2 aliphatic rings. The van der Waals surface area contributed by atoms with Crippen molar-refractivity contribution in [3.63, 3.8) is 0 Å². The van der Waals surface area contributed by atoms with E-state index in [1.54, 1.807) is 18.4 Å². The van der Waals surface area contributed by atoms with Gasteiger partial charge in [-0.25, -0.2) is 4.98 Å². The number of hydrogen-bond donors (Lipinski definition) is 1. The highest BCUT2D eigenvalue weighted by atomic mass is 35.5. The smallest absolute Gasteiger partial charge is 0.238 e. The van der Waals surface area contributed by atoms with Crippen LogP contribution in [0.4, 0.5) is 11.5 Å². The summed E-state index contributed by atoms with van der Waals surface area (Å²) in [4.78, 5) is 21.7. The van der Waals surface area contributed by atoms with Crippen LogP contribution in [0.1, 0.15) is 23.1 Å². The Hall–Kier alpha value is -3.34. The zero-order valence-corrected chi connectivity index (χ0v) is 18.9. The number of aromatic nitrogens is 1. The quantitative estimate of drug-likeness (QED) is 0.615. The number of carbonyl (C=O) groups is 1. The van der Waals surface area contributed by atoms with Crippen LogP contribution in [0.5, 0.6) is 0 Å². The van der Waals surface area contributed by atoms with E-state index >= 15 is 0 Å². The average Bonchev–Trinajstić information content (AvgIpc) is 3.51. The van der Waals surface area contributed by atoms with E-state index in [2.05, 4.69) is 21.2 Å². The van der Waals surface area contributed by atoms with Crippen molar-refractivity contribution in [3.05, 3.63) is 64.4 Å². The van der Waals surface area contributed by atoms with Gasteiger partial charge in [0, 0.05) is 36.9 Å². The van der Waals surface area contributed by atoms with E-state index in [9.17, 15) is 10.1 Å². The summed E-state index contributed by atoms with van der Waals surface area (Å²) in [7, 11) is 0. The lowest BCUT2D eigenvalue weighted by Gasteiger charge is -2.35. The van der Waals surface area contributed by atoms with Crippen LogP contribution < -0.4 is 10.2 Å². The molecule has 5 rings (SSSR count). The highest BCUT2D eigenvalue weighted by Gasteiger charge is 2.29. The molecule has 8 heteroatoms. The molecule has 1 amide bonds. The fraction of sp³-hybridized carbons (Fsp3) is 0.320. The molecule has 1 aromatic carbocycles. The molecule has 1 saturated heterocycles. The number of rotatable bonds is 5. The van der Waals surface area contributed by atoms with Gasteiger partial charge in [-0.05, 0) is 60.7 Å². The van der Waals surface area contributed by atoms with Gasteiger partial charge in [0.05, 0.1) is 18.4 Å². The van der Waals surface area contributed by atoms with Gasteiger partial charge in [-0.15, -0.1) is 0 Å². The Balaban J connectivity index is 1.30. The summed E-state index contributed by atoms with van der Waals surface area (Å²) in [6.45, 7) is 3.12. The molecule has 3 heterocycles. The third kappa shape index (κ3) is 4.45. The molecule has 33 heavy (non-hydrogen) atoms. The molecule has 168 valence electrons. The third-order valence-electron chi connectivity index (χ3n) is 6.26. The van der Waals surface area contributed by atoms with Gasteiger partial charge in [0.1, 0.15) is 17.6 Å². The molecule has 0 spiro atoms. The summed E-state index contributed by atoms with van der Waals surface area (Å²) in [6.07, 6.45) is 4.50. The lowest BCUT2D eigenvalue weighted by atomic mass is 10.0. The van der Waals surface area contributed by atoms with Crippen molar-refractivity contribution >= 4 is 29.0 Å². The Morgan fingerprint density at radius 1 is 1.15 bits per heavy atom. The second kappa shape index (κ2) is 9.26. The summed E-state index contributed by atoms with van der Waals surface area (Å²) < 4.78 is 5.65. The Bertz CT molecular complexity index is 1210. The summed E-state index contributed by atoms with van der Waals surface area (Å²) >= 11 is 6.00. The van der Waals surface area contributed by atoms with E-state index in [1.807, 2.05) is 24.3 Å². The minimum absolute atomic E-state index is 0.0702. The van der Waals surface area contributed by atoms with Gasteiger partial charge in [-0.3, -0.25) is 9.69 Å². The van der Waals surface area contributed by atoms with Gasteiger partial charge in [-0.1, -0.05) is 17.7 Å². The van der Waals surface area contributed by atoms with Crippen molar-refractivity contribution in [2.45, 2.75) is 19.3 Å². The van der Waals surface area contributed by atoms with Crippen LogP contribution in [0, 0.1) is 11.3 Å². The van der Waals surface area contributed by atoms with Gasteiger partial charge < -0.3 is 14.6 Å². The van der Waals surface area contributed by atoms with Crippen LogP contribution in [0.3, 0.4) is 0 Å². The first kappa shape index (κ1) is 21.5. The molecule has 0 radical (unpaired) electrons. The number of furan rings is 1. The first-order valence-electron chi connectivity index (χ1n) is 11.1. The number of piperazine rings is 1. The molecule has 3 aromatic rings. The van der Waals surface area contributed by atoms with E-state index < -0.39 is 0 Å². The SMILES string of the molecule is N#Cc1c(N2CCN(CC(=O)Nc3cccc(Cl)c3)CC2)nc(-c2ccco2)c2c1CCC2. The van der Waals surface area contributed by atoms with Crippen LogP contribution in [0.25, 0.3) is 11.5 Å². The second-order valence-electron chi connectivity index (χ2n) is 8.38. The number of carbonyl (C=O) groups excluding carboxylic acids is 1. The van der Waals surface area contributed by atoms with Crippen molar-refractivity contribution in [2.24, 2.45) is 0 Å². The molecule has 7 nitrogen and oxygen atoms in total. The first-order chi connectivity index (χ1) is 16.1. The highest BCUT2D eigenvalue weighted by Crippen LogP contribution is 2.37. The number of hydrogen-bond acceptors (Lipinski definition) is 6. The largest absolute Gasteiger partial charge is 0.463 e. The van der Waals surface area contributed by atoms with E-state index in [-0.39, 0.29) is 5.91 Å². The molecule has 0 unspecified atom stereocenters. The number of pyridine rings is 1. The number of benzene rings is 1.